The number of amides is 1. The molecule has 1 saturated heterocycles. The average molecular weight is 346 g/mol. The SMILES string of the molecule is CC1C(=O)N2CCN=C2N1c1ccc2nccnc2c1Br. The topological polar surface area (TPSA) is 61.7 Å². The third-order valence-corrected chi connectivity index (χ3v) is 4.64. The molecule has 1 unspecified atom stereocenters. The number of guanidine groups is 1. The van der Waals surface area contributed by atoms with Crippen molar-refractivity contribution in [2.24, 2.45) is 4.99 Å². The maximum absolute atomic E-state index is 12.3. The van der Waals surface area contributed by atoms with Gasteiger partial charge in [0, 0.05) is 18.9 Å². The molecular formula is C14H12BrN5O. The lowest BCUT2D eigenvalue weighted by Crippen LogP contribution is -2.33. The van der Waals surface area contributed by atoms with E-state index in [1.807, 2.05) is 24.0 Å². The van der Waals surface area contributed by atoms with Crippen molar-refractivity contribution < 1.29 is 4.79 Å². The number of carbonyl (C=O) groups excluding carboxylic acids is 1. The van der Waals surface area contributed by atoms with Crippen molar-refractivity contribution in [3.63, 3.8) is 0 Å². The number of hydrogen-bond donors (Lipinski definition) is 0. The first-order valence-electron chi connectivity index (χ1n) is 6.73. The molecule has 21 heavy (non-hydrogen) atoms. The van der Waals surface area contributed by atoms with Gasteiger partial charge < -0.3 is 0 Å². The first-order chi connectivity index (χ1) is 10.2. The van der Waals surface area contributed by atoms with Crippen LogP contribution in [0, 0.1) is 0 Å². The van der Waals surface area contributed by atoms with E-state index >= 15 is 0 Å². The van der Waals surface area contributed by atoms with Crippen molar-refractivity contribution in [1.29, 1.82) is 0 Å². The minimum Gasteiger partial charge on any atom is -0.299 e. The van der Waals surface area contributed by atoms with Crippen LogP contribution in [0.25, 0.3) is 11.0 Å². The van der Waals surface area contributed by atoms with Crippen molar-refractivity contribution >= 4 is 44.5 Å². The van der Waals surface area contributed by atoms with E-state index in [1.54, 1.807) is 17.3 Å². The number of nitrogens with zero attached hydrogens (tertiary/aromatic N) is 5. The van der Waals surface area contributed by atoms with E-state index in [9.17, 15) is 4.79 Å². The molecule has 1 aromatic heterocycles. The summed E-state index contributed by atoms with van der Waals surface area (Å²) >= 11 is 3.61. The Morgan fingerprint density at radius 1 is 1.29 bits per heavy atom. The van der Waals surface area contributed by atoms with Gasteiger partial charge >= 0.3 is 0 Å². The Kier molecular flexibility index (Phi) is 2.72. The molecular weight excluding hydrogens is 334 g/mol. The Bertz CT molecular complexity index is 790. The number of aromatic nitrogens is 2. The zero-order chi connectivity index (χ0) is 14.6. The fourth-order valence-corrected chi connectivity index (χ4v) is 3.48. The van der Waals surface area contributed by atoms with E-state index in [2.05, 4.69) is 30.9 Å². The molecule has 0 bridgehead atoms. The molecule has 0 saturated carbocycles. The fraction of sp³-hybridized carbons (Fsp3) is 0.286. The van der Waals surface area contributed by atoms with E-state index in [1.165, 1.54) is 0 Å². The molecule has 106 valence electrons. The van der Waals surface area contributed by atoms with Crippen LogP contribution in [0.15, 0.2) is 34.0 Å². The summed E-state index contributed by atoms with van der Waals surface area (Å²) in [6, 6.07) is 3.61. The molecule has 0 radical (unpaired) electrons. The summed E-state index contributed by atoms with van der Waals surface area (Å²) in [6.45, 7) is 3.23. The molecule has 4 rings (SSSR count). The number of aliphatic imine (C=N–C) groups is 1. The average Bonchev–Trinajstić information content (AvgIpc) is 3.05. The van der Waals surface area contributed by atoms with Crippen LogP contribution in [0.2, 0.25) is 0 Å². The Morgan fingerprint density at radius 3 is 2.95 bits per heavy atom. The molecule has 1 amide bonds. The van der Waals surface area contributed by atoms with E-state index in [0.29, 0.717) is 13.1 Å². The highest BCUT2D eigenvalue weighted by Gasteiger charge is 2.44. The van der Waals surface area contributed by atoms with Gasteiger partial charge in [0.05, 0.1) is 22.2 Å². The highest BCUT2D eigenvalue weighted by atomic mass is 79.9. The molecule has 0 aliphatic carbocycles. The minimum atomic E-state index is -0.255. The summed E-state index contributed by atoms with van der Waals surface area (Å²) in [7, 11) is 0. The normalized spacial score (nSPS) is 21.1. The summed E-state index contributed by atoms with van der Waals surface area (Å²) in [4.78, 5) is 29.1. The molecule has 2 aliphatic rings. The lowest BCUT2D eigenvalue weighted by atomic mass is 10.2. The number of rotatable bonds is 1. The van der Waals surface area contributed by atoms with Crippen LogP contribution in [0.3, 0.4) is 0 Å². The zero-order valence-electron chi connectivity index (χ0n) is 11.3. The van der Waals surface area contributed by atoms with E-state index in [-0.39, 0.29) is 11.9 Å². The largest absolute Gasteiger partial charge is 0.299 e. The van der Waals surface area contributed by atoms with Gasteiger partial charge in [-0.05, 0) is 35.0 Å². The molecule has 6 nitrogen and oxygen atoms in total. The van der Waals surface area contributed by atoms with E-state index in [4.69, 9.17) is 0 Å². The summed E-state index contributed by atoms with van der Waals surface area (Å²) in [5.74, 6) is 0.828. The summed E-state index contributed by atoms with van der Waals surface area (Å²) in [5, 5.41) is 0. The van der Waals surface area contributed by atoms with Gasteiger partial charge in [-0.2, -0.15) is 0 Å². The van der Waals surface area contributed by atoms with Crippen LogP contribution in [-0.2, 0) is 4.79 Å². The Balaban J connectivity index is 1.90. The fourth-order valence-electron chi connectivity index (χ4n) is 2.85. The van der Waals surface area contributed by atoms with Crippen LogP contribution < -0.4 is 4.90 Å². The summed E-state index contributed by atoms with van der Waals surface area (Å²) in [5.41, 5.74) is 2.50. The Labute approximate surface area is 129 Å². The first kappa shape index (κ1) is 12.7. The van der Waals surface area contributed by atoms with Crippen LogP contribution in [0.5, 0.6) is 0 Å². The van der Waals surface area contributed by atoms with Gasteiger partial charge in [0.2, 0.25) is 5.96 Å². The molecule has 1 fully saturated rings. The van der Waals surface area contributed by atoms with Gasteiger partial charge in [0.25, 0.3) is 5.91 Å². The van der Waals surface area contributed by atoms with Crippen LogP contribution in [0.4, 0.5) is 5.69 Å². The highest BCUT2D eigenvalue weighted by molar-refractivity contribution is 9.10. The Morgan fingerprint density at radius 2 is 2.10 bits per heavy atom. The van der Waals surface area contributed by atoms with Crippen molar-refractivity contribution in [3.8, 4) is 0 Å². The predicted molar refractivity (Wildman–Crippen MR) is 83.2 cm³/mol. The zero-order valence-corrected chi connectivity index (χ0v) is 12.9. The second-order valence-electron chi connectivity index (χ2n) is 5.04. The second kappa shape index (κ2) is 4.49. The monoisotopic (exact) mass is 345 g/mol. The third kappa shape index (κ3) is 1.70. The van der Waals surface area contributed by atoms with Crippen LogP contribution in [0.1, 0.15) is 6.92 Å². The summed E-state index contributed by atoms with van der Waals surface area (Å²) < 4.78 is 0.837. The predicted octanol–water partition coefficient (Wildman–Crippen LogP) is 1.80. The summed E-state index contributed by atoms with van der Waals surface area (Å²) in [6.07, 6.45) is 3.33. The number of halogens is 1. The smallest absolute Gasteiger partial charge is 0.252 e. The van der Waals surface area contributed by atoms with Crippen LogP contribution in [-0.4, -0.2) is 45.9 Å². The van der Waals surface area contributed by atoms with Crippen molar-refractivity contribution in [1.82, 2.24) is 14.9 Å². The third-order valence-electron chi connectivity index (χ3n) is 3.86. The maximum Gasteiger partial charge on any atom is 0.252 e. The molecule has 7 heteroatoms. The van der Waals surface area contributed by atoms with Crippen molar-refractivity contribution in [3.05, 3.63) is 29.0 Å². The molecule has 2 aromatic rings. The second-order valence-corrected chi connectivity index (χ2v) is 5.83. The first-order valence-corrected chi connectivity index (χ1v) is 7.52. The lowest BCUT2D eigenvalue weighted by Gasteiger charge is -2.22. The minimum absolute atomic E-state index is 0.0948. The number of benzene rings is 1. The van der Waals surface area contributed by atoms with E-state index in [0.717, 1.165) is 27.2 Å². The van der Waals surface area contributed by atoms with Gasteiger partial charge in [-0.1, -0.05) is 0 Å². The van der Waals surface area contributed by atoms with Crippen molar-refractivity contribution in [2.75, 3.05) is 18.0 Å². The lowest BCUT2D eigenvalue weighted by molar-refractivity contribution is -0.126. The van der Waals surface area contributed by atoms with Gasteiger partial charge in [-0.25, -0.2) is 0 Å². The molecule has 2 aliphatic heterocycles. The maximum atomic E-state index is 12.3. The van der Waals surface area contributed by atoms with E-state index < -0.39 is 0 Å². The van der Waals surface area contributed by atoms with Gasteiger partial charge in [0.1, 0.15) is 11.6 Å². The van der Waals surface area contributed by atoms with Gasteiger partial charge in [0.15, 0.2) is 0 Å². The number of anilines is 1. The standard InChI is InChI=1S/C14H12BrN5O/c1-8-13(21)19-7-6-18-14(19)20(8)10-3-2-9-12(11(10)15)17-5-4-16-9/h2-5,8H,6-7H2,1H3. The van der Waals surface area contributed by atoms with Gasteiger partial charge in [-0.15, -0.1) is 0 Å². The molecule has 1 aromatic carbocycles. The van der Waals surface area contributed by atoms with Crippen LogP contribution >= 0.6 is 15.9 Å². The molecule has 1 atom stereocenters. The molecule has 3 heterocycles. The van der Waals surface area contributed by atoms with Crippen molar-refractivity contribution in [2.45, 2.75) is 13.0 Å². The number of carbonyl (C=O) groups is 1. The number of hydrogen-bond acceptors (Lipinski definition) is 5. The quantitative estimate of drug-likeness (QED) is 0.790. The highest BCUT2D eigenvalue weighted by Crippen LogP contribution is 2.36. The Hall–Kier alpha value is -2.02. The number of fused-ring (bicyclic) bond motifs is 2. The molecule has 0 N–H and O–H groups in total. The van der Waals surface area contributed by atoms with Gasteiger partial charge in [-0.3, -0.25) is 29.6 Å². The molecule has 0 spiro atoms.